The molecule has 4 nitrogen and oxygen atoms in total. The highest BCUT2D eigenvalue weighted by Crippen LogP contribution is 2.50. The molecule has 2 heterocycles. The van der Waals surface area contributed by atoms with Crippen molar-refractivity contribution in [3.8, 4) is 5.88 Å². The van der Waals surface area contributed by atoms with Gasteiger partial charge in [-0.15, -0.1) is 0 Å². The first-order valence-electron chi connectivity index (χ1n) is 5.32. The van der Waals surface area contributed by atoms with E-state index in [-0.39, 0.29) is 5.78 Å². The largest absolute Gasteiger partial charge is 0.477 e. The molecular weight excluding hydrogens is 192 g/mol. The molecule has 0 N–H and O–H groups in total. The second-order valence-corrected chi connectivity index (χ2v) is 4.77. The van der Waals surface area contributed by atoms with Crippen LogP contribution in [0.3, 0.4) is 0 Å². The molecular formula is C11H14N2O2. The molecule has 1 fully saturated rings. The van der Waals surface area contributed by atoms with Crippen LogP contribution in [0.5, 0.6) is 5.88 Å². The fourth-order valence-corrected chi connectivity index (χ4v) is 2.28. The Morgan fingerprint density at radius 1 is 1.53 bits per heavy atom. The van der Waals surface area contributed by atoms with Crippen LogP contribution in [0.15, 0.2) is 0 Å². The van der Waals surface area contributed by atoms with E-state index in [9.17, 15) is 4.79 Å². The molecule has 1 aromatic rings. The van der Waals surface area contributed by atoms with Gasteiger partial charge in [-0.2, -0.15) is 5.10 Å². The van der Waals surface area contributed by atoms with Gasteiger partial charge in [-0.3, -0.25) is 4.79 Å². The highest BCUT2D eigenvalue weighted by Gasteiger charge is 2.47. The lowest BCUT2D eigenvalue weighted by atomic mass is 10.1. The summed E-state index contributed by atoms with van der Waals surface area (Å²) in [5, 5.41) is 4.38. The van der Waals surface area contributed by atoms with Crippen molar-refractivity contribution >= 4 is 5.78 Å². The van der Waals surface area contributed by atoms with Gasteiger partial charge in [-0.05, 0) is 26.7 Å². The fraction of sp³-hybridized carbons (Fsp3) is 0.636. The zero-order valence-corrected chi connectivity index (χ0v) is 9.04. The summed E-state index contributed by atoms with van der Waals surface area (Å²) in [5.74, 6) is 0.720. The molecule has 1 aromatic heterocycles. The maximum Gasteiger partial charge on any atom is 0.223 e. The van der Waals surface area contributed by atoms with E-state index < -0.39 is 0 Å². The number of rotatable bonds is 1. The molecule has 1 spiro atoms. The maximum absolute atomic E-state index is 11.4. The minimum Gasteiger partial charge on any atom is -0.477 e. The van der Waals surface area contributed by atoms with Gasteiger partial charge in [0.2, 0.25) is 5.88 Å². The molecule has 0 atom stereocenters. The van der Waals surface area contributed by atoms with Crippen molar-refractivity contribution in [1.29, 1.82) is 0 Å². The maximum atomic E-state index is 11.4. The number of carbonyl (C=O) groups is 1. The topological polar surface area (TPSA) is 44.1 Å². The quantitative estimate of drug-likeness (QED) is 0.655. The van der Waals surface area contributed by atoms with Gasteiger partial charge >= 0.3 is 0 Å². The van der Waals surface area contributed by atoms with E-state index in [0.29, 0.717) is 16.9 Å². The SMILES string of the molecule is CC(=O)c1c(C)nn2c1OCC1(CC1)C2. The van der Waals surface area contributed by atoms with E-state index >= 15 is 0 Å². The van der Waals surface area contributed by atoms with Crippen molar-refractivity contribution in [3.05, 3.63) is 11.3 Å². The lowest BCUT2D eigenvalue weighted by Gasteiger charge is -2.23. The Hall–Kier alpha value is -1.32. The van der Waals surface area contributed by atoms with E-state index in [1.54, 1.807) is 6.92 Å². The number of ketones is 1. The molecule has 0 aromatic carbocycles. The van der Waals surface area contributed by atoms with Gasteiger partial charge in [0.25, 0.3) is 0 Å². The summed E-state index contributed by atoms with van der Waals surface area (Å²) in [4.78, 5) is 11.4. The van der Waals surface area contributed by atoms with Crippen molar-refractivity contribution in [1.82, 2.24) is 9.78 Å². The normalized spacial score (nSPS) is 20.9. The van der Waals surface area contributed by atoms with Gasteiger partial charge in [0, 0.05) is 5.41 Å². The smallest absolute Gasteiger partial charge is 0.223 e. The molecule has 4 heteroatoms. The van der Waals surface area contributed by atoms with Gasteiger partial charge in [0.1, 0.15) is 5.56 Å². The first kappa shape index (κ1) is 8.95. The molecule has 2 aliphatic rings. The van der Waals surface area contributed by atoms with Crippen LogP contribution < -0.4 is 4.74 Å². The highest BCUT2D eigenvalue weighted by molar-refractivity contribution is 5.97. The number of carbonyl (C=O) groups excluding carboxylic acids is 1. The zero-order valence-electron chi connectivity index (χ0n) is 9.04. The van der Waals surface area contributed by atoms with E-state index in [2.05, 4.69) is 5.10 Å². The lowest BCUT2D eigenvalue weighted by Crippen LogP contribution is -2.27. The molecule has 1 saturated carbocycles. The van der Waals surface area contributed by atoms with Crippen molar-refractivity contribution < 1.29 is 9.53 Å². The molecule has 3 rings (SSSR count). The first-order valence-corrected chi connectivity index (χ1v) is 5.32. The van der Waals surface area contributed by atoms with Crippen LogP contribution in [0.2, 0.25) is 0 Å². The fourth-order valence-electron chi connectivity index (χ4n) is 2.28. The van der Waals surface area contributed by atoms with Crippen LogP contribution in [0, 0.1) is 12.3 Å². The second-order valence-electron chi connectivity index (χ2n) is 4.77. The van der Waals surface area contributed by atoms with Crippen LogP contribution in [0.25, 0.3) is 0 Å². The summed E-state index contributed by atoms with van der Waals surface area (Å²) < 4.78 is 7.56. The van der Waals surface area contributed by atoms with E-state index in [1.807, 2.05) is 11.6 Å². The molecule has 0 radical (unpaired) electrons. The monoisotopic (exact) mass is 206 g/mol. The van der Waals surface area contributed by atoms with Crippen molar-refractivity contribution in [3.63, 3.8) is 0 Å². The Balaban J connectivity index is 2.06. The van der Waals surface area contributed by atoms with Crippen LogP contribution >= 0.6 is 0 Å². The first-order chi connectivity index (χ1) is 7.11. The van der Waals surface area contributed by atoms with Crippen LogP contribution in [0.4, 0.5) is 0 Å². The predicted molar refractivity (Wildman–Crippen MR) is 54.1 cm³/mol. The lowest BCUT2D eigenvalue weighted by molar-refractivity contribution is 0.0997. The molecule has 1 aliphatic heterocycles. The summed E-state index contributed by atoms with van der Waals surface area (Å²) in [6.07, 6.45) is 2.45. The number of Topliss-reactive ketones (excluding diaryl/α,β-unsaturated/α-hetero) is 1. The van der Waals surface area contributed by atoms with E-state index in [1.165, 1.54) is 12.8 Å². The average molecular weight is 206 g/mol. The molecule has 15 heavy (non-hydrogen) atoms. The molecule has 1 aliphatic carbocycles. The molecule has 0 unspecified atom stereocenters. The van der Waals surface area contributed by atoms with Crippen LogP contribution in [-0.2, 0) is 6.54 Å². The summed E-state index contributed by atoms with van der Waals surface area (Å²) in [7, 11) is 0. The standard InChI is InChI=1S/C11H14N2O2/c1-7-9(8(2)14)10-13(12-7)5-11(3-4-11)6-15-10/h3-6H2,1-2H3. The minimum absolute atomic E-state index is 0.0421. The minimum atomic E-state index is 0.0421. The van der Waals surface area contributed by atoms with Crippen LogP contribution in [0.1, 0.15) is 35.8 Å². The summed E-state index contributed by atoms with van der Waals surface area (Å²) in [6.45, 7) is 5.09. The van der Waals surface area contributed by atoms with E-state index in [4.69, 9.17) is 4.74 Å². The Morgan fingerprint density at radius 2 is 2.27 bits per heavy atom. The Kier molecular flexibility index (Phi) is 1.56. The number of nitrogens with zero attached hydrogens (tertiary/aromatic N) is 2. The molecule has 80 valence electrons. The third-order valence-electron chi connectivity index (χ3n) is 3.39. The van der Waals surface area contributed by atoms with E-state index in [0.717, 1.165) is 18.8 Å². The second kappa shape index (κ2) is 2.62. The van der Waals surface area contributed by atoms with Crippen molar-refractivity contribution in [2.75, 3.05) is 6.61 Å². The average Bonchev–Trinajstić information content (AvgIpc) is 2.80. The van der Waals surface area contributed by atoms with Crippen molar-refractivity contribution in [2.45, 2.75) is 33.2 Å². The predicted octanol–water partition coefficient (Wildman–Crippen LogP) is 1.57. The van der Waals surface area contributed by atoms with Gasteiger partial charge < -0.3 is 4.74 Å². The van der Waals surface area contributed by atoms with Gasteiger partial charge in [0.15, 0.2) is 5.78 Å². The number of aromatic nitrogens is 2. The number of fused-ring (bicyclic) bond motifs is 1. The summed E-state index contributed by atoms with van der Waals surface area (Å²) in [5.41, 5.74) is 1.78. The Bertz CT molecular complexity index is 444. The molecule has 0 saturated heterocycles. The number of hydrogen-bond donors (Lipinski definition) is 0. The van der Waals surface area contributed by atoms with Gasteiger partial charge in [-0.25, -0.2) is 4.68 Å². The summed E-state index contributed by atoms with van der Waals surface area (Å²) in [6, 6.07) is 0. The third-order valence-corrected chi connectivity index (χ3v) is 3.39. The van der Waals surface area contributed by atoms with Crippen molar-refractivity contribution in [2.24, 2.45) is 5.41 Å². The third kappa shape index (κ3) is 1.20. The Labute approximate surface area is 88.2 Å². The molecule has 0 amide bonds. The summed E-state index contributed by atoms with van der Waals surface area (Å²) >= 11 is 0. The number of ether oxygens (including phenoxy) is 1. The van der Waals surface area contributed by atoms with Gasteiger partial charge in [0.05, 0.1) is 18.8 Å². The Morgan fingerprint density at radius 3 is 2.87 bits per heavy atom. The zero-order chi connectivity index (χ0) is 10.6. The number of aryl methyl sites for hydroxylation is 1. The highest BCUT2D eigenvalue weighted by atomic mass is 16.5. The van der Waals surface area contributed by atoms with Crippen LogP contribution in [-0.4, -0.2) is 22.2 Å². The number of hydrogen-bond acceptors (Lipinski definition) is 3. The molecule has 0 bridgehead atoms. The van der Waals surface area contributed by atoms with Gasteiger partial charge in [-0.1, -0.05) is 0 Å².